The summed E-state index contributed by atoms with van der Waals surface area (Å²) in [6.07, 6.45) is 5.87. The Hall–Kier alpha value is -3.37. The summed E-state index contributed by atoms with van der Waals surface area (Å²) in [6, 6.07) is 17.9. The molecule has 6 rings (SSSR count). The quantitative estimate of drug-likeness (QED) is 0.175. The minimum Gasteiger partial charge on any atom is -0.376 e. The molecule has 2 N–H and O–H groups in total. The average Bonchev–Trinajstić information content (AvgIpc) is 3.77. The third-order valence-electron chi connectivity index (χ3n) is 9.17. The molecule has 234 valence electrons. The summed E-state index contributed by atoms with van der Waals surface area (Å²) < 4.78 is 23.7. The van der Waals surface area contributed by atoms with Gasteiger partial charge in [-0.15, -0.1) is 0 Å². The topological polar surface area (TPSA) is 82.6 Å². The van der Waals surface area contributed by atoms with Gasteiger partial charge in [-0.05, 0) is 81.5 Å². The first kappa shape index (κ1) is 30.6. The smallest absolute Gasteiger partial charge is 0.258 e. The van der Waals surface area contributed by atoms with Gasteiger partial charge in [-0.3, -0.25) is 4.79 Å². The Morgan fingerprint density at radius 1 is 0.955 bits per heavy atom. The number of benzene rings is 2. The zero-order valence-electron chi connectivity index (χ0n) is 25.8. The maximum absolute atomic E-state index is 14.4. The number of aromatic nitrogens is 2. The van der Waals surface area contributed by atoms with Crippen molar-refractivity contribution in [1.82, 2.24) is 9.97 Å². The number of aryl methyl sites for hydroxylation is 1. The third-order valence-corrected chi connectivity index (χ3v) is 9.92. The van der Waals surface area contributed by atoms with Crippen LogP contribution in [0.15, 0.2) is 54.6 Å². The lowest BCUT2D eigenvalue weighted by Gasteiger charge is -2.35. The predicted molar refractivity (Wildman–Crippen MR) is 177 cm³/mol. The van der Waals surface area contributed by atoms with E-state index >= 15 is 0 Å². The fourth-order valence-corrected chi connectivity index (χ4v) is 6.66. The molecule has 10 heteroatoms. The number of hydrogen-bond donors (Lipinski definition) is 2. The zero-order valence-corrected chi connectivity index (χ0v) is 26.6. The van der Waals surface area contributed by atoms with Crippen LogP contribution in [0.4, 0.5) is 27.5 Å². The van der Waals surface area contributed by atoms with E-state index in [4.69, 9.17) is 4.74 Å². The van der Waals surface area contributed by atoms with Crippen LogP contribution in [0.5, 0.6) is 0 Å². The summed E-state index contributed by atoms with van der Waals surface area (Å²) in [5.41, 5.74) is 3.83. The maximum Gasteiger partial charge on any atom is 0.258 e. The highest BCUT2D eigenvalue weighted by molar-refractivity contribution is 8.00. The van der Waals surface area contributed by atoms with Gasteiger partial charge >= 0.3 is 0 Å². The highest BCUT2D eigenvalue weighted by Gasteiger charge is 2.44. The molecule has 0 bridgehead atoms. The van der Waals surface area contributed by atoms with E-state index in [1.807, 2.05) is 42.2 Å². The molecule has 2 aromatic carbocycles. The van der Waals surface area contributed by atoms with Crippen LogP contribution in [-0.4, -0.2) is 60.1 Å². The highest BCUT2D eigenvalue weighted by Crippen LogP contribution is 2.54. The minimum atomic E-state index is -1.16. The van der Waals surface area contributed by atoms with Crippen LogP contribution in [-0.2, 0) is 11.3 Å². The Bertz CT molecular complexity index is 1430. The molecule has 8 nitrogen and oxygen atoms in total. The van der Waals surface area contributed by atoms with Gasteiger partial charge in [0.15, 0.2) is 0 Å². The summed E-state index contributed by atoms with van der Waals surface area (Å²) in [5, 5.41) is 3.04. The standard InChI is InChI=1S/C34H43FN6O2S/c1-25-22-30(38-32(36-25)41-16-12-33(2,35)13-17-41)37-31(42)28-9-8-27(23-29(28)40-18-14-34(10-11-34)15-19-40)39-44-21-20-43-24-26-6-4-3-5-7-26/h3-9,22-23,39H,10-21,24H2,1-2H3,(H,36,37,38,42). The molecule has 0 atom stereocenters. The van der Waals surface area contributed by atoms with Crippen LogP contribution in [0.1, 0.15) is 67.1 Å². The van der Waals surface area contributed by atoms with E-state index in [1.54, 1.807) is 24.9 Å². The molecule has 1 aliphatic carbocycles. The van der Waals surface area contributed by atoms with E-state index in [2.05, 4.69) is 43.1 Å². The van der Waals surface area contributed by atoms with Crippen molar-refractivity contribution < 1.29 is 13.9 Å². The number of piperidine rings is 2. The first-order valence-electron chi connectivity index (χ1n) is 15.8. The summed E-state index contributed by atoms with van der Waals surface area (Å²) in [7, 11) is 0. The summed E-state index contributed by atoms with van der Waals surface area (Å²) in [5.74, 6) is 1.60. The number of alkyl halides is 1. The van der Waals surface area contributed by atoms with Gasteiger partial charge in [0, 0.05) is 49.4 Å². The molecule has 0 unspecified atom stereocenters. The molecule has 1 saturated carbocycles. The van der Waals surface area contributed by atoms with E-state index in [1.165, 1.54) is 31.2 Å². The summed E-state index contributed by atoms with van der Waals surface area (Å²) >= 11 is 1.60. The second kappa shape index (κ2) is 13.3. The van der Waals surface area contributed by atoms with Gasteiger partial charge < -0.3 is 24.6 Å². The van der Waals surface area contributed by atoms with Gasteiger partial charge in [0.25, 0.3) is 5.91 Å². The molecule has 3 aromatic rings. The molecule has 1 aromatic heterocycles. The number of anilines is 4. The van der Waals surface area contributed by atoms with Gasteiger partial charge in [-0.1, -0.05) is 42.3 Å². The number of carbonyl (C=O) groups is 1. The van der Waals surface area contributed by atoms with Gasteiger partial charge in [0.1, 0.15) is 11.5 Å². The van der Waals surface area contributed by atoms with Crippen molar-refractivity contribution in [2.75, 3.05) is 58.4 Å². The maximum atomic E-state index is 14.4. The lowest BCUT2D eigenvalue weighted by Crippen LogP contribution is -2.41. The van der Waals surface area contributed by atoms with Crippen molar-refractivity contribution in [2.45, 2.75) is 64.6 Å². The molecule has 3 fully saturated rings. The normalized spacial score (nSPS) is 18.7. The van der Waals surface area contributed by atoms with Gasteiger partial charge in [0.05, 0.1) is 24.5 Å². The van der Waals surface area contributed by atoms with Crippen molar-refractivity contribution in [1.29, 1.82) is 0 Å². The number of halogens is 1. The fraction of sp³-hybridized carbons (Fsp3) is 0.500. The SMILES string of the molecule is Cc1cc(NC(=O)c2ccc(NSCCOCc3ccccc3)cc2N2CCC3(CC2)CC3)nc(N2CCC(C)(F)CC2)n1. The number of nitrogens with one attached hydrogen (secondary N) is 2. The number of ether oxygens (including phenoxy) is 1. The molecule has 1 amide bonds. The second-order valence-electron chi connectivity index (χ2n) is 12.8. The first-order valence-corrected chi connectivity index (χ1v) is 16.8. The molecule has 2 aliphatic heterocycles. The Labute approximate surface area is 264 Å². The van der Waals surface area contributed by atoms with E-state index in [-0.39, 0.29) is 5.91 Å². The molecule has 44 heavy (non-hydrogen) atoms. The molecular formula is C34H43FN6O2S. The largest absolute Gasteiger partial charge is 0.376 e. The number of carbonyl (C=O) groups excluding carboxylic acids is 1. The van der Waals surface area contributed by atoms with Crippen molar-refractivity contribution >= 4 is 41.0 Å². The van der Waals surface area contributed by atoms with Crippen molar-refractivity contribution in [2.24, 2.45) is 5.41 Å². The molecule has 3 heterocycles. The minimum absolute atomic E-state index is 0.195. The lowest BCUT2D eigenvalue weighted by atomic mass is 9.93. The van der Waals surface area contributed by atoms with E-state index in [0.717, 1.165) is 35.9 Å². The molecule has 0 radical (unpaired) electrons. The van der Waals surface area contributed by atoms with Crippen LogP contribution in [0.2, 0.25) is 0 Å². The summed E-state index contributed by atoms with van der Waals surface area (Å²) in [4.78, 5) is 27.4. The zero-order chi connectivity index (χ0) is 30.6. The first-order chi connectivity index (χ1) is 21.3. The molecule has 1 spiro atoms. The Balaban J connectivity index is 1.12. The van der Waals surface area contributed by atoms with Gasteiger partial charge in [-0.2, -0.15) is 4.98 Å². The van der Waals surface area contributed by atoms with E-state index in [9.17, 15) is 9.18 Å². The van der Waals surface area contributed by atoms with Crippen molar-refractivity contribution in [3.63, 3.8) is 0 Å². The van der Waals surface area contributed by atoms with Gasteiger partial charge in [0.2, 0.25) is 5.95 Å². The van der Waals surface area contributed by atoms with Crippen LogP contribution < -0.4 is 19.8 Å². The Morgan fingerprint density at radius 2 is 1.68 bits per heavy atom. The monoisotopic (exact) mass is 618 g/mol. The van der Waals surface area contributed by atoms with Crippen LogP contribution in [0, 0.1) is 12.3 Å². The van der Waals surface area contributed by atoms with Gasteiger partial charge in [-0.25, -0.2) is 9.37 Å². The fourth-order valence-electron chi connectivity index (χ4n) is 6.06. The van der Waals surface area contributed by atoms with Crippen LogP contribution >= 0.6 is 11.9 Å². The molecule has 2 saturated heterocycles. The van der Waals surface area contributed by atoms with Crippen molar-refractivity contribution in [3.8, 4) is 0 Å². The predicted octanol–water partition coefficient (Wildman–Crippen LogP) is 7.02. The lowest BCUT2D eigenvalue weighted by molar-refractivity contribution is 0.102. The molecule has 3 aliphatic rings. The van der Waals surface area contributed by atoms with Crippen LogP contribution in [0.25, 0.3) is 0 Å². The van der Waals surface area contributed by atoms with Crippen molar-refractivity contribution in [3.05, 3.63) is 71.4 Å². The Morgan fingerprint density at radius 3 is 2.41 bits per heavy atom. The third kappa shape index (κ3) is 7.82. The van der Waals surface area contributed by atoms with E-state index in [0.29, 0.717) is 61.9 Å². The Kier molecular flexibility index (Phi) is 9.28. The average molecular weight is 619 g/mol. The molecular weight excluding hydrogens is 575 g/mol. The number of hydrogen-bond acceptors (Lipinski definition) is 8. The number of nitrogens with zero attached hydrogens (tertiary/aromatic N) is 4. The van der Waals surface area contributed by atoms with Crippen LogP contribution in [0.3, 0.4) is 0 Å². The highest BCUT2D eigenvalue weighted by atomic mass is 32.2. The summed E-state index contributed by atoms with van der Waals surface area (Å²) in [6.45, 7) is 7.78. The second-order valence-corrected chi connectivity index (χ2v) is 13.7. The van der Waals surface area contributed by atoms with E-state index < -0.39 is 5.67 Å². The number of amides is 1. The number of rotatable bonds is 11.